The van der Waals surface area contributed by atoms with Crippen molar-refractivity contribution in [3.63, 3.8) is 0 Å². The maximum absolute atomic E-state index is 13.5. The molecule has 0 radical (unpaired) electrons. The maximum Gasteiger partial charge on any atom is 0.243 e. The van der Waals surface area contributed by atoms with Gasteiger partial charge in [-0.15, -0.1) is 5.10 Å². The largest absolute Gasteiger partial charge is 0.467 e. The van der Waals surface area contributed by atoms with Crippen molar-refractivity contribution in [3.8, 4) is 0 Å². The predicted molar refractivity (Wildman–Crippen MR) is 95.8 cm³/mol. The third kappa shape index (κ3) is 3.48. The van der Waals surface area contributed by atoms with Gasteiger partial charge in [0.2, 0.25) is 5.28 Å². The summed E-state index contributed by atoms with van der Waals surface area (Å²) >= 11 is 6.08. The van der Waals surface area contributed by atoms with Gasteiger partial charge in [0.15, 0.2) is 5.82 Å². The molecule has 0 aliphatic carbocycles. The van der Waals surface area contributed by atoms with E-state index in [-0.39, 0.29) is 5.28 Å². The van der Waals surface area contributed by atoms with Gasteiger partial charge in [-0.1, -0.05) is 0 Å². The van der Waals surface area contributed by atoms with Crippen LogP contribution in [0.2, 0.25) is 5.28 Å². The molecule has 6 nitrogen and oxygen atoms in total. The number of alkyl halides is 1. The zero-order valence-corrected chi connectivity index (χ0v) is 15.1. The number of nitrogens with one attached hydrogen (secondary N) is 1. The van der Waals surface area contributed by atoms with E-state index in [4.69, 9.17) is 21.8 Å². The molecule has 3 rings (SSSR count). The van der Waals surface area contributed by atoms with Gasteiger partial charge in [0.1, 0.15) is 17.4 Å². The summed E-state index contributed by atoms with van der Waals surface area (Å²) < 4.78 is 20.6. The fourth-order valence-electron chi connectivity index (χ4n) is 2.93. The molecule has 8 heteroatoms. The van der Waals surface area contributed by atoms with Crippen molar-refractivity contribution in [2.24, 2.45) is 5.73 Å². The number of aromatic nitrogens is 3. The van der Waals surface area contributed by atoms with Crippen molar-refractivity contribution >= 4 is 22.9 Å². The molecule has 3 heterocycles. The molecular formula is C17H21ClFN5O. The summed E-state index contributed by atoms with van der Waals surface area (Å²) in [6, 6.07) is 3.12. The van der Waals surface area contributed by atoms with E-state index >= 15 is 0 Å². The van der Waals surface area contributed by atoms with Crippen LogP contribution in [0.3, 0.4) is 0 Å². The highest BCUT2D eigenvalue weighted by atomic mass is 35.5. The Morgan fingerprint density at radius 3 is 2.84 bits per heavy atom. The Labute approximate surface area is 150 Å². The van der Waals surface area contributed by atoms with Gasteiger partial charge in [-0.25, -0.2) is 8.91 Å². The third-order valence-corrected chi connectivity index (χ3v) is 4.59. The van der Waals surface area contributed by atoms with Crippen LogP contribution in [0.4, 0.5) is 10.2 Å². The minimum Gasteiger partial charge on any atom is -0.467 e. The van der Waals surface area contributed by atoms with Crippen LogP contribution < -0.4 is 11.1 Å². The van der Waals surface area contributed by atoms with Crippen LogP contribution in [0, 0.1) is 13.8 Å². The number of hydrogen-bond donors (Lipinski definition) is 2. The maximum atomic E-state index is 13.5. The fourth-order valence-corrected chi connectivity index (χ4v) is 3.09. The molecular weight excluding hydrogens is 345 g/mol. The molecule has 0 bridgehead atoms. The molecule has 0 saturated carbocycles. The number of fused-ring (bicyclic) bond motifs is 1. The molecule has 3 aromatic rings. The topological polar surface area (TPSA) is 81.4 Å². The van der Waals surface area contributed by atoms with E-state index in [2.05, 4.69) is 15.4 Å². The van der Waals surface area contributed by atoms with Gasteiger partial charge in [0.05, 0.1) is 12.8 Å². The Balaban J connectivity index is 2.02. The summed E-state index contributed by atoms with van der Waals surface area (Å²) in [7, 11) is 0. The van der Waals surface area contributed by atoms with Gasteiger partial charge < -0.3 is 15.5 Å². The lowest BCUT2D eigenvalue weighted by Gasteiger charge is -2.13. The summed E-state index contributed by atoms with van der Waals surface area (Å²) in [4.78, 5) is 4.31. The summed E-state index contributed by atoms with van der Waals surface area (Å²) in [5, 5.41) is 7.65. The van der Waals surface area contributed by atoms with Crippen molar-refractivity contribution in [1.29, 1.82) is 0 Å². The van der Waals surface area contributed by atoms with Gasteiger partial charge in [0.25, 0.3) is 0 Å². The predicted octanol–water partition coefficient (Wildman–Crippen LogP) is 3.43. The van der Waals surface area contributed by atoms with Crippen LogP contribution in [0.1, 0.15) is 29.5 Å². The highest BCUT2D eigenvalue weighted by Gasteiger charge is 2.22. The van der Waals surface area contributed by atoms with E-state index < -0.39 is 12.2 Å². The van der Waals surface area contributed by atoms with Crippen molar-refractivity contribution in [3.05, 3.63) is 46.3 Å². The number of furan rings is 1. The van der Waals surface area contributed by atoms with E-state index in [1.54, 1.807) is 10.8 Å². The Hall–Kier alpha value is -2.12. The fraction of sp³-hybridized carbons (Fsp3) is 0.412. The quantitative estimate of drug-likeness (QED) is 0.699. The van der Waals surface area contributed by atoms with Crippen molar-refractivity contribution in [2.75, 3.05) is 5.32 Å². The first-order valence-electron chi connectivity index (χ1n) is 8.08. The number of rotatable bonds is 6. The van der Waals surface area contributed by atoms with Crippen LogP contribution in [-0.4, -0.2) is 26.8 Å². The molecule has 0 saturated heterocycles. The monoisotopic (exact) mass is 365 g/mol. The van der Waals surface area contributed by atoms with E-state index in [0.29, 0.717) is 18.8 Å². The average Bonchev–Trinajstić information content (AvgIpc) is 3.15. The molecule has 0 unspecified atom stereocenters. The number of aryl methyl sites for hydroxylation is 2. The summed E-state index contributed by atoms with van der Waals surface area (Å²) in [6.07, 6.45) is 0.950. The molecule has 2 atom stereocenters. The lowest BCUT2D eigenvalue weighted by atomic mass is 10.0. The second-order valence-corrected chi connectivity index (χ2v) is 6.50. The third-order valence-electron chi connectivity index (χ3n) is 4.42. The van der Waals surface area contributed by atoms with E-state index in [1.165, 1.54) is 6.92 Å². The Kier molecular flexibility index (Phi) is 4.96. The molecule has 3 aromatic heterocycles. The first-order valence-corrected chi connectivity index (χ1v) is 8.46. The number of nitrogens with two attached hydrogens (primary N) is 1. The number of anilines is 1. The van der Waals surface area contributed by atoms with Crippen molar-refractivity contribution in [1.82, 2.24) is 14.6 Å². The van der Waals surface area contributed by atoms with Gasteiger partial charge >= 0.3 is 0 Å². The van der Waals surface area contributed by atoms with Gasteiger partial charge in [-0.05, 0) is 62.1 Å². The molecule has 3 N–H and O–H groups in total. The standard InChI is InChI=1S/C17H21ClFN5O/c1-9-13(7-14(20)10(2)19)11(3)24-15(9)16(22-17(18)23-24)21-8-12-5-4-6-25-12/h4-6,10,14H,7-8,20H2,1-3H3,(H,21,22,23)/t10-,14+/m0/s1. The SMILES string of the molecule is Cc1c(C[C@@H](N)[C@H](C)F)c(C)n2nc(Cl)nc(NCc3ccco3)c12. The zero-order chi connectivity index (χ0) is 18.1. The lowest BCUT2D eigenvalue weighted by Crippen LogP contribution is -2.32. The van der Waals surface area contributed by atoms with Crippen molar-refractivity contribution < 1.29 is 8.81 Å². The Morgan fingerprint density at radius 1 is 1.44 bits per heavy atom. The van der Waals surface area contributed by atoms with Crippen molar-refractivity contribution in [2.45, 2.75) is 46.0 Å². The Morgan fingerprint density at radius 2 is 2.20 bits per heavy atom. The van der Waals surface area contributed by atoms with Gasteiger partial charge in [0, 0.05) is 11.7 Å². The molecule has 25 heavy (non-hydrogen) atoms. The van der Waals surface area contributed by atoms with Crippen LogP contribution in [-0.2, 0) is 13.0 Å². The molecule has 0 spiro atoms. The van der Waals surface area contributed by atoms with E-state index in [0.717, 1.165) is 28.1 Å². The smallest absolute Gasteiger partial charge is 0.243 e. The van der Waals surface area contributed by atoms with E-state index in [1.807, 2.05) is 26.0 Å². The minimum absolute atomic E-state index is 0.127. The summed E-state index contributed by atoms with van der Waals surface area (Å²) in [5.74, 6) is 1.38. The number of hydrogen-bond acceptors (Lipinski definition) is 5. The molecule has 0 amide bonds. The zero-order valence-electron chi connectivity index (χ0n) is 14.4. The first kappa shape index (κ1) is 17.7. The molecule has 0 aromatic carbocycles. The van der Waals surface area contributed by atoms with Gasteiger partial charge in [-0.2, -0.15) is 4.98 Å². The molecule has 134 valence electrons. The van der Waals surface area contributed by atoms with Crippen LogP contribution in [0.15, 0.2) is 22.8 Å². The Bertz CT molecular complexity index is 875. The highest BCUT2D eigenvalue weighted by molar-refractivity contribution is 6.28. The normalized spacial score (nSPS) is 14.0. The lowest BCUT2D eigenvalue weighted by molar-refractivity contribution is 0.304. The van der Waals surface area contributed by atoms with Crippen LogP contribution in [0.5, 0.6) is 0 Å². The molecule has 0 aliphatic rings. The number of nitrogens with zero attached hydrogens (tertiary/aromatic N) is 3. The second-order valence-electron chi connectivity index (χ2n) is 6.16. The minimum atomic E-state index is -1.09. The summed E-state index contributed by atoms with van der Waals surface area (Å²) in [6.45, 7) is 5.82. The first-order chi connectivity index (χ1) is 11.9. The highest BCUT2D eigenvalue weighted by Crippen LogP contribution is 2.29. The van der Waals surface area contributed by atoms with Gasteiger partial charge in [-0.3, -0.25) is 0 Å². The van der Waals surface area contributed by atoms with E-state index in [9.17, 15) is 4.39 Å². The van der Waals surface area contributed by atoms with Crippen LogP contribution in [0.25, 0.3) is 5.52 Å². The molecule has 0 aliphatic heterocycles. The number of halogens is 2. The average molecular weight is 366 g/mol. The molecule has 0 fully saturated rings. The second kappa shape index (κ2) is 7.01. The summed E-state index contributed by atoms with van der Waals surface area (Å²) in [5.41, 5.74) is 9.55. The van der Waals surface area contributed by atoms with Crippen LogP contribution >= 0.6 is 11.6 Å².